The number of halogens is 1. The summed E-state index contributed by atoms with van der Waals surface area (Å²) >= 11 is 3.34. The number of nitrogens with zero attached hydrogens (tertiary/aromatic N) is 1. The number of non-ortho nitro benzene ring substituents is 1. The van der Waals surface area contributed by atoms with Gasteiger partial charge in [0.05, 0.1) is 10.6 Å². The maximum atomic E-state index is 10.6. The summed E-state index contributed by atoms with van der Waals surface area (Å²) in [6.45, 7) is 1.43. The van der Waals surface area contributed by atoms with Crippen molar-refractivity contribution in [3.8, 4) is 0 Å². The van der Waals surface area contributed by atoms with Gasteiger partial charge < -0.3 is 11.1 Å². The maximum absolute atomic E-state index is 10.6. The van der Waals surface area contributed by atoms with E-state index in [1.54, 1.807) is 6.07 Å². The highest BCUT2D eigenvalue weighted by atomic mass is 79.9. The third kappa shape index (κ3) is 3.79. The number of hydrogen-bond acceptors (Lipinski definition) is 4. The van der Waals surface area contributed by atoms with E-state index in [4.69, 9.17) is 5.73 Å². The molecule has 1 aromatic rings. The quantitative estimate of drug-likeness (QED) is 0.479. The molecule has 0 saturated heterocycles. The Bertz CT molecular complexity index is 371. The molecule has 0 amide bonds. The first-order valence-corrected chi connectivity index (χ1v) is 5.82. The zero-order valence-corrected chi connectivity index (χ0v) is 10.4. The molecule has 0 aliphatic carbocycles. The largest absolute Gasteiger partial charge is 0.384 e. The monoisotopic (exact) mass is 287 g/mol. The number of nitrogens with two attached hydrogens (primary N) is 1. The molecule has 1 aromatic carbocycles. The number of nitro benzene ring substituents is 1. The highest BCUT2D eigenvalue weighted by molar-refractivity contribution is 9.10. The standard InChI is InChI=1S/C10H14BrN3O2/c11-9-4-3-8(14(15)16)7-10(9)13-6-2-1-5-12/h3-4,7,13H,1-2,5-6,12H2. The van der Waals surface area contributed by atoms with E-state index in [0.29, 0.717) is 6.54 Å². The van der Waals surface area contributed by atoms with E-state index in [2.05, 4.69) is 21.2 Å². The fourth-order valence-electron chi connectivity index (χ4n) is 1.25. The minimum absolute atomic E-state index is 0.0875. The molecule has 0 aromatic heterocycles. The Balaban J connectivity index is 2.63. The maximum Gasteiger partial charge on any atom is 0.271 e. The SMILES string of the molecule is NCCCCNc1cc([N+](=O)[O-])ccc1Br. The summed E-state index contributed by atoms with van der Waals surface area (Å²) in [5, 5.41) is 13.7. The van der Waals surface area contributed by atoms with Crippen LogP contribution in [0.15, 0.2) is 22.7 Å². The van der Waals surface area contributed by atoms with Gasteiger partial charge in [0.25, 0.3) is 5.69 Å². The molecule has 0 unspecified atom stereocenters. The second-order valence-corrected chi connectivity index (χ2v) is 4.20. The Hall–Kier alpha value is -1.14. The average Bonchev–Trinajstić information content (AvgIpc) is 2.26. The van der Waals surface area contributed by atoms with Gasteiger partial charge in [-0.15, -0.1) is 0 Å². The van der Waals surface area contributed by atoms with E-state index in [1.165, 1.54) is 12.1 Å². The first kappa shape index (κ1) is 12.9. The lowest BCUT2D eigenvalue weighted by molar-refractivity contribution is -0.384. The summed E-state index contributed by atoms with van der Waals surface area (Å²) in [6.07, 6.45) is 1.89. The third-order valence-electron chi connectivity index (χ3n) is 2.11. The minimum atomic E-state index is -0.405. The fourth-order valence-corrected chi connectivity index (χ4v) is 1.64. The van der Waals surface area contributed by atoms with Crippen LogP contribution >= 0.6 is 15.9 Å². The van der Waals surface area contributed by atoms with E-state index in [-0.39, 0.29) is 5.69 Å². The fraction of sp³-hybridized carbons (Fsp3) is 0.400. The van der Waals surface area contributed by atoms with Gasteiger partial charge >= 0.3 is 0 Å². The molecule has 0 saturated carbocycles. The molecule has 0 bridgehead atoms. The highest BCUT2D eigenvalue weighted by Gasteiger charge is 2.08. The van der Waals surface area contributed by atoms with Gasteiger partial charge in [0.15, 0.2) is 0 Å². The lowest BCUT2D eigenvalue weighted by Gasteiger charge is -2.07. The molecule has 5 nitrogen and oxygen atoms in total. The number of rotatable bonds is 6. The molecule has 0 heterocycles. The van der Waals surface area contributed by atoms with Crippen LogP contribution in [0.25, 0.3) is 0 Å². The molecule has 0 aliphatic rings. The molecule has 0 radical (unpaired) electrons. The van der Waals surface area contributed by atoms with Crippen LogP contribution in [-0.2, 0) is 0 Å². The van der Waals surface area contributed by atoms with Gasteiger partial charge in [-0.2, -0.15) is 0 Å². The van der Waals surface area contributed by atoms with Crippen molar-refractivity contribution < 1.29 is 4.92 Å². The van der Waals surface area contributed by atoms with Crippen LogP contribution in [0.1, 0.15) is 12.8 Å². The number of nitro groups is 1. The number of anilines is 1. The average molecular weight is 288 g/mol. The van der Waals surface area contributed by atoms with Gasteiger partial charge in [-0.25, -0.2) is 0 Å². The van der Waals surface area contributed by atoms with Crippen molar-refractivity contribution in [1.29, 1.82) is 0 Å². The predicted molar refractivity (Wildman–Crippen MR) is 67.6 cm³/mol. The van der Waals surface area contributed by atoms with Crippen LogP contribution in [-0.4, -0.2) is 18.0 Å². The molecule has 0 atom stereocenters. The molecule has 1 rings (SSSR count). The minimum Gasteiger partial charge on any atom is -0.384 e. The van der Waals surface area contributed by atoms with Crippen molar-refractivity contribution in [2.45, 2.75) is 12.8 Å². The first-order valence-electron chi connectivity index (χ1n) is 5.03. The Kier molecular flexibility index (Phi) is 5.21. The number of unbranched alkanes of at least 4 members (excludes halogenated alkanes) is 1. The van der Waals surface area contributed by atoms with Crippen molar-refractivity contribution in [3.63, 3.8) is 0 Å². The smallest absolute Gasteiger partial charge is 0.271 e. The second kappa shape index (κ2) is 6.44. The zero-order chi connectivity index (χ0) is 12.0. The molecule has 6 heteroatoms. The summed E-state index contributed by atoms with van der Waals surface area (Å²) in [5.74, 6) is 0. The molecule has 0 aliphatic heterocycles. The molecule has 3 N–H and O–H groups in total. The van der Waals surface area contributed by atoms with Crippen molar-refractivity contribution in [2.24, 2.45) is 5.73 Å². The normalized spacial score (nSPS) is 10.1. The Morgan fingerprint density at radius 1 is 1.44 bits per heavy atom. The Labute approximate surface area is 102 Å². The highest BCUT2D eigenvalue weighted by Crippen LogP contribution is 2.26. The molecular weight excluding hydrogens is 274 g/mol. The van der Waals surface area contributed by atoms with Crippen LogP contribution in [0.4, 0.5) is 11.4 Å². The van der Waals surface area contributed by atoms with Gasteiger partial charge in [0.2, 0.25) is 0 Å². The number of benzene rings is 1. The summed E-state index contributed by atoms with van der Waals surface area (Å²) in [4.78, 5) is 10.2. The third-order valence-corrected chi connectivity index (χ3v) is 2.80. The van der Waals surface area contributed by atoms with Crippen molar-refractivity contribution in [3.05, 3.63) is 32.8 Å². The van der Waals surface area contributed by atoms with Crippen molar-refractivity contribution in [2.75, 3.05) is 18.4 Å². The topological polar surface area (TPSA) is 81.2 Å². The summed E-state index contributed by atoms with van der Waals surface area (Å²) < 4.78 is 0.825. The summed E-state index contributed by atoms with van der Waals surface area (Å²) in [5.41, 5.74) is 6.20. The molecular formula is C10H14BrN3O2. The van der Waals surface area contributed by atoms with Gasteiger partial charge in [-0.1, -0.05) is 0 Å². The van der Waals surface area contributed by atoms with Crippen LogP contribution in [0.5, 0.6) is 0 Å². The van der Waals surface area contributed by atoms with Crippen LogP contribution in [0.2, 0.25) is 0 Å². The van der Waals surface area contributed by atoms with Crippen molar-refractivity contribution in [1.82, 2.24) is 0 Å². The van der Waals surface area contributed by atoms with Gasteiger partial charge in [0, 0.05) is 23.2 Å². The Morgan fingerprint density at radius 3 is 2.81 bits per heavy atom. The zero-order valence-electron chi connectivity index (χ0n) is 8.78. The van der Waals surface area contributed by atoms with E-state index in [0.717, 1.165) is 29.5 Å². The predicted octanol–water partition coefficient (Wildman–Crippen LogP) is 2.51. The summed E-state index contributed by atoms with van der Waals surface area (Å²) in [6, 6.07) is 4.66. The molecule has 0 fully saturated rings. The second-order valence-electron chi connectivity index (χ2n) is 3.34. The van der Waals surface area contributed by atoms with E-state index in [9.17, 15) is 10.1 Å². The van der Waals surface area contributed by atoms with Gasteiger partial charge in [0.1, 0.15) is 0 Å². The number of nitrogens with one attached hydrogen (secondary N) is 1. The summed E-state index contributed by atoms with van der Waals surface area (Å²) in [7, 11) is 0. The van der Waals surface area contributed by atoms with E-state index < -0.39 is 4.92 Å². The van der Waals surface area contributed by atoms with E-state index in [1.807, 2.05) is 0 Å². The van der Waals surface area contributed by atoms with Crippen LogP contribution in [0, 0.1) is 10.1 Å². The van der Waals surface area contributed by atoms with E-state index >= 15 is 0 Å². The lowest BCUT2D eigenvalue weighted by Crippen LogP contribution is -2.06. The molecule has 88 valence electrons. The first-order chi connectivity index (χ1) is 7.65. The number of hydrogen-bond donors (Lipinski definition) is 2. The van der Waals surface area contributed by atoms with Crippen LogP contribution in [0.3, 0.4) is 0 Å². The van der Waals surface area contributed by atoms with Crippen molar-refractivity contribution >= 4 is 27.3 Å². The lowest BCUT2D eigenvalue weighted by atomic mass is 10.2. The van der Waals surface area contributed by atoms with Crippen LogP contribution < -0.4 is 11.1 Å². The molecule has 0 spiro atoms. The molecule has 16 heavy (non-hydrogen) atoms. The van der Waals surface area contributed by atoms with Gasteiger partial charge in [-0.3, -0.25) is 10.1 Å². The van der Waals surface area contributed by atoms with Gasteiger partial charge in [-0.05, 0) is 41.4 Å². The Morgan fingerprint density at radius 2 is 2.19 bits per heavy atom.